The smallest absolute Gasteiger partial charge is 0.235 e. The lowest BCUT2D eigenvalue weighted by Gasteiger charge is -2.06. The van der Waals surface area contributed by atoms with Crippen molar-refractivity contribution in [3.05, 3.63) is 49.9 Å². The quantitative estimate of drug-likeness (QED) is 0.678. The van der Waals surface area contributed by atoms with Crippen molar-refractivity contribution in [3.8, 4) is 0 Å². The lowest BCUT2D eigenvalue weighted by atomic mass is 10.2. The van der Waals surface area contributed by atoms with E-state index in [1.54, 1.807) is 29.5 Å². The lowest BCUT2D eigenvalue weighted by molar-refractivity contribution is -0.118. The van der Waals surface area contributed by atoms with Gasteiger partial charge in [0.2, 0.25) is 5.91 Å². The third kappa shape index (κ3) is 6.52. The maximum Gasteiger partial charge on any atom is 0.235 e. The molecule has 8 heteroatoms. The third-order valence-electron chi connectivity index (χ3n) is 3.56. The number of nitrogens with one attached hydrogen (secondary N) is 1. The van der Waals surface area contributed by atoms with Crippen molar-refractivity contribution in [3.63, 3.8) is 0 Å². The molecule has 0 saturated carbocycles. The van der Waals surface area contributed by atoms with Crippen molar-refractivity contribution in [1.82, 2.24) is 10.3 Å². The molecule has 1 aromatic heterocycles. The van der Waals surface area contributed by atoms with Gasteiger partial charge in [-0.25, -0.2) is 13.4 Å². The van der Waals surface area contributed by atoms with Crippen LogP contribution in [0, 0.1) is 6.92 Å². The molecule has 0 aliphatic rings. The number of carbonyl (C=O) groups excluding carboxylic acids is 1. The minimum atomic E-state index is -3.50. The van der Waals surface area contributed by atoms with Gasteiger partial charge in [0.1, 0.15) is 5.75 Å². The molecule has 1 heterocycles. The number of hydrogen-bond donors (Lipinski definition) is 1. The lowest BCUT2D eigenvalue weighted by Crippen LogP contribution is -2.32. The minimum Gasteiger partial charge on any atom is -0.355 e. The zero-order valence-corrected chi connectivity index (χ0v) is 17.4. The van der Waals surface area contributed by atoms with Crippen LogP contribution in [0.2, 0.25) is 0 Å². The molecule has 136 valence electrons. The summed E-state index contributed by atoms with van der Waals surface area (Å²) in [6.07, 6.45) is 1.51. The highest BCUT2D eigenvalue weighted by Crippen LogP contribution is 2.18. The molecule has 0 spiro atoms. The number of aryl methyl sites for hydroxylation is 2. The van der Waals surface area contributed by atoms with Gasteiger partial charge in [0.15, 0.2) is 9.84 Å². The van der Waals surface area contributed by atoms with Crippen LogP contribution in [0.15, 0.2) is 28.7 Å². The van der Waals surface area contributed by atoms with Gasteiger partial charge in [-0.2, -0.15) is 0 Å². The molecule has 1 aromatic carbocycles. The summed E-state index contributed by atoms with van der Waals surface area (Å²) in [7, 11) is -3.50. The molecule has 0 aliphatic heterocycles. The van der Waals surface area contributed by atoms with Crippen molar-refractivity contribution in [2.45, 2.75) is 32.4 Å². The molecule has 0 radical (unpaired) electrons. The zero-order chi connectivity index (χ0) is 18.4. The van der Waals surface area contributed by atoms with Crippen LogP contribution in [0.25, 0.3) is 0 Å². The highest BCUT2D eigenvalue weighted by atomic mass is 79.9. The van der Waals surface area contributed by atoms with Crippen molar-refractivity contribution >= 4 is 43.0 Å². The summed E-state index contributed by atoms with van der Waals surface area (Å²) in [6.45, 7) is 4.48. The van der Waals surface area contributed by atoms with Gasteiger partial charge in [0.25, 0.3) is 0 Å². The van der Waals surface area contributed by atoms with Crippen LogP contribution in [0.1, 0.15) is 28.1 Å². The van der Waals surface area contributed by atoms with Gasteiger partial charge in [0, 0.05) is 22.3 Å². The second-order valence-electron chi connectivity index (χ2n) is 5.73. The molecule has 0 bridgehead atoms. The number of thiazole rings is 1. The van der Waals surface area contributed by atoms with Crippen LogP contribution in [-0.4, -0.2) is 31.6 Å². The third-order valence-corrected chi connectivity index (χ3v) is 6.60. The van der Waals surface area contributed by atoms with E-state index in [1.165, 1.54) is 4.88 Å². The molecule has 0 atom stereocenters. The maximum atomic E-state index is 12.2. The Bertz CT molecular complexity index is 847. The number of sulfone groups is 1. The van der Waals surface area contributed by atoms with Gasteiger partial charge >= 0.3 is 0 Å². The van der Waals surface area contributed by atoms with Gasteiger partial charge in [-0.3, -0.25) is 4.79 Å². The van der Waals surface area contributed by atoms with Crippen molar-refractivity contribution in [2.75, 3.05) is 12.3 Å². The minimum absolute atomic E-state index is 0.147. The number of nitrogens with zero attached hydrogens (tertiary/aromatic N) is 1. The summed E-state index contributed by atoms with van der Waals surface area (Å²) in [5.41, 5.74) is 1.75. The Balaban J connectivity index is 1.82. The molecule has 1 amide bonds. The summed E-state index contributed by atoms with van der Waals surface area (Å²) in [5, 5.41) is 3.63. The predicted molar refractivity (Wildman–Crippen MR) is 105 cm³/mol. The van der Waals surface area contributed by atoms with E-state index in [2.05, 4.69) is 33.2 Å². The van der Waals surface area contributed by atoms with E-state index in [4.69, 9.17) is 0 Å². The van der Waals surface area contributed by atoms with Crippen LogP contribution in [0.3, 0.4) is 0 Å². The highest BCUT2D eigenvalue weighted by molar-refractivity contribution is 9.10. The van der Waals surface area contributed by atoms with Crippen LogP contribution in [-0.2, 0) is 33.2 Å². The molecule has 5 nitrogen and oxygen atoms in total. The number of rotatable bonds is 8. The second kappa shape index (κ2) is 8.91. The molecule has 1 N–H and O–H groups in total. The van der Waals surface area contributed by atoms with Crippen molar-refractivity contribution < 1.29 is 13.2 Å². The number of halogens is 1. The van der Waals surface area contributed by atoms with Gasteiger partial charge in [-0.15, -0.1) is 11.3 Å². The summed E-state index contributed by atoms with van der Waals surface area (Å²) in [6, 6.07) is 7.07. The molecular weight excluding hydrogens is 424 g/mol. The zero-order valence-electron chi connectivity index (χ0n) is 14.2. The van der Waals surface area contributed by atoms with Gasteiger partial charge in [-0.05, 0) is 31.0 Å². The number of carbonyl (C=O) groups is 1. The van der Waals surface area contributed by atoms with E-state index in [0.717, 1.165) is 21.6 Å². The fraction of sp³-hybridized carbons (Fsp3) is 0.412. The Morgan fingerprint density at radius 1 is 1.36 bits per heavy atom. The number of amides is 1. The fourth-order valence-electron chi connectivity index (χ4n) is 2.41. The average molecular weight is 445 g/mol. The average Bonchev–Trinajstić information content (AvgIpc) is 2.86. The van der Waals surface area contributed by atoms with E-state index in [1.807, 2.05) is 13.0 Å². The van der Waals surface area contributed by atoms with Gasteiger partial charge in [-0.1, -0.05) is 35.0 Å². The van der Waals surface area contributed by atoms with Crippen molar-refractivity contribution in [2.24, 2.45) is 0 Å². The van der Waals surface area contributed by atoms with E-state index < -0.39 is 21.5 Å². The van der Waals surface area contributed by atoms with E-state index in [9.17, 15) is 13.2 Å². The fourth-order valence-corrected chi connectivity index (χ4v) is 5.17. The van der Waals surface area contributed by atoms with E-state index >= 15 is 0 Å². The summed E-state index contributed by atoms with van der Waals surface area (Å²) in [5.74, 6) is -1.12. The topological polar surface area (TPSA) is 76.1 Å². The van der Waals surface area contributed by atoms with Crippen molar-refractivity contribution in [1.29, 1.82) is 0 Å². The van der Waals surface area contributed by atoms with Crippen LogP contribution in [0.5, 0.6) is 0 Å². The molecule has 0 fully saturated rings. The normalized spacial score (nSPS) is 11.5. The Morgan fingerprint density at radius 3 is 2.76 bits per heavy atom. The Hall–Kier alpha value is -1.25. The standard InChI is InChI=1S/C17H21BrN2O3S2/c1-3-15-12(2)24-17(20-15)7-8-19-16(21)11-25(22,23)10-13-5-4-6-14(18)9-13/h4-6,9H,3,7-8,10-11H2,1-2H3,(H,19,21). The number of benzene rings is 1. The Morgan fingerprint density at radius 2 is 2.12 bits per heavy atom. The van der Waals surface area contributed by atoms with Gasteiger partial charge in [0.05, 0.1) is 16.5 Å². The van der Waals surface area contributed by atoms with Crippen LogP contribution in [0.4, 0.5) is 0 Å². The number of hydrogen-bond acceptors (Lipinski definition) is 5. The molecule has 0 saturated heterocycles. The molecule has 0 unspecified atom stereocenters. The van der Waals surface area contributed by atoms with E-state index in [-0.39, 0.29) is 5.75 Å². The van der Waals surface area contributed by atoms with Crippen LogP contribution >= 0.6 is 27.3 Å². The first-order valence-corrected chi connectivity index (χ1v) is 11.4. The summed E-state index contributed by atoms with van der Waals surface area (Å²) < 4.78 is 25.1. The largest absolute Gasteiger partial charge is 0.355 e. The summed E-state index contributed by atoms with van der Waals surface area (Å²) in [4.78, 5) is 17.6. The maximum absolute atomic E-state index is 12.2. The van der Waals surface area contributed by atoms with Crippen LogP contribution < -0.4 is 5.32 Å². The molecule has 2 aromatic rings. The highest BCUT2D eigenvalue weighted by Gasteiger charge is 2.17. The second-order valence-corrected chi connectivity index (χ2v) is 9.99. The Labute approximate surface area is 160 Å². The molecule has 2 rings (SSSR count). The monoisotopic (exact) mass is 444 g/mol. The first kappa shape index (κ1) is 20.1. The molecular formula is C17H21BrN2O3S2. The molecule has 0 aliphatic carbocycles. The SMILES string of the molecule is CCc1nc(CCNC(=O)CS(=O)(=O)Cc2cccc(Br)c2)sc1C. The predicted octanol–water partition coefficient (Wildman–Crippen LogP) is 3.05. The first-order valence-electron chi connectivity index (χ1n) is 7.96. The first-order chi connectivity index (χ1) is 11.8. The molecule has 25 heavy (non-hydrogen) atoms. The van der Waals surface area contributed by atoms with Gasteiger partial charge < -0.3 is 5.32 Å². The Kier molecular flexibility index (Phi) is 7.15. The summed E-state index contributed by atoms with van der Waals surface area (Å²) >= 11 is 4.93. The van der Waals surface area contributed by atoms with E-state index in [0.29, 0.717) is 18.5 Å². The number of aromatic nitrogens is 1.